The first-order chi connectivity index (χ1) is 8.76. The fourth-order valence-electron chi connectivity index (χ4n) is 0.943. The zero-order valence-electron chi connectivity index (χ0n) is 11.4. The lowest BCUT2D eigenvalue weighted by Crippen LogP contribution is -1.95. The minimum Gasteiger partial charge on any atom is -0.380 e. The number of carbonyl (C=O) groups excluding carboxylic acids is 1. The molecule has 0 heterocycles. The van der Waals surface area contributed by atoms with Crippen LogP contribution in [0.5, 0.6) is 0 Å². The average Bonchev–Trinajstić information content (AvgIpc) is 2.39. The molecular formula is C15H24O3. The lowest BCUT2D eigenvalue weighted by Gasteiger charge is -1.95. The second kappa shape index (κ2) is 17.9. The highest BCUT2D eigenvalue weighted by molar-refractivity contribution is 5.50. The van der Waals surface area contributed by atoms with Crippen LogP contribution in [0.15, 0.2) is 49.1 Å². The van der Waals surface area contributed by atoms with Gasteiger partial charge in [-0.1, -0.05) is 43.5 Å². The minimum atomic E-state index is 0.220. The van der Waals surface area contributed by atoms with Crippen molar-refractivity contribution in [2.75, 3.05) is 26.9 Å². The summed E-state index contributed by atoms with van der Waals surface area (Å²) in [5.74, 6) is 0. The van der Waals surface area contributed by atoms with Gasteiger partial charge >= 0.3 is 0 Å². The molecule has 0 bridgehead atoms. The molecule has 0 saturated heterocycles. The molecule has 0 unspecified atom stereocenters. The van der Waals surface area contributed by atoms with E-state index < -0.39 is 0 Å². The third-order valence-corrected chi connectivity index (χ3v) is 1.76. The van der Waals surface area contributed by atoms with Crippen LogP contribution in [0, 0.1) is 0 Å². The molecule has 0 aromatic heterocycles. The molecule has 0 aromatic rings. The quantitative estimate of drug-likeness (QED) is 0.274. The van der Waals surface area contributed by atoms with E-state index in [0.717, 1.165) is 18.3 Å². The fraction of sp³-hybridized carbons (Fsp3) is 0.400. The summed E-state index contributed by atoms with van der Waals surface area (Å²) in [5.41, 5.74) is 1.05. The first-order valence-corrected chi connectivity index (χ1v) is 5.82. The van der Waals surface area contributed by atoms with Crippen molar-refractivity contribution < 1.29 is 14.3 Å². The molecule has 0 aliphatic heterocycles. The Hall–Kier alpha value is -1.45. The van der Waals surface area contributed by atoms with E-state index >= 15 is 0 Å². The molecule has 0 spiro atoms. The van der Waals surface area contributed by atoms with Crippen LogP contribution in [-0.4, -0.2) is 33.2 Å². The maximum atomic E-state index is 9.69. The summed E-state index contributed by atoms with van der Waals surface area (Å²) in [4.78, 5) is 9.69. The average molecular weight is 252 g/mol. The third kappa shape index (κ3) is 17.0. The van der Waals surface area contributed by atoms with E-state index in [2.05, 4.69) is 13.2 Å². The van der Waals surface area contributed by atoms with Crippen LogP contribution in [0.3, 0.4) is 0 Å². The van der Waals surface area contributed by atoms with Gasteiger partial charge in [-0.2, -0.15) is 0 Å². The standard InChI is InChI=1S/C8H12O.C7H12O2/c1-4-6-8(5-2)7-9-3;1-2-3-4-6-9-7-5-8/h4-6H,1-2,7H2,3H3;2-3,5H,4,6-7H2,1H3/b8-6+;3-2+. The van der Waals surface area contributed by atoms with Crippen LogP contribution < -0.4 is 0 Å². The molecule has 0 rings (SSSR count). The van der Waals surface area contributed by atoms with Gasteiger partial charge in [-0.15, -0.1) is 0 Å². The van der Waals surface area contributed by atoms with E-state index in [-0.39, 0.29) is 6.61 Å². The normalized spacial score (nSPS) is 10.7. The van der Waals surface area contributed by atoms with Gasteiger partial charge in [-0.3, -0.25) is 0 Å². The third-order valence-electron chi connectivity index (χ3n) is 1.76. The van der Waals surface area contributed by atoms with Crippen molar-refractivity contribution in [2.45, 2.75) is 13.3 Å². The molecule has 0 radical (unpaired) electrons. The Balaban J connectivity index is 0. The van der Waals surface area contributed by atoms with Crippen molar-refractivity contribution >= 4 is 6.29 Å². The number of methoxy groups -OCH3 is 1. The predicted molar refractivity (Wildman–Crippen MR) is 76.7 cm³/mol. The number of aldehydes is 1. The largest absolute Gasteiger partial charge is 0.380 e. The van der Waals surface area contributed by atoms with Gasteiger partial charge in [0.2, 0.25) is 0 Å². The molecule has 0 fully saturated rings. The van der Waals surface area contributed by atoms with Crippen LogP contribution >= 0.6 is 0 Å². The monoisotopic (exact) mass is 252 g/mol. The second-order valence-corrected chi connectivity index (χ2v) is 3.21. The topological polar surface area (TPSA) is 35.5 Å². The van der Waals surface area contributed by atoms with E-state index in [1.165, 1.54) is 0 Å². The summed E-state index contributed by atoms with van der Waals surface area (Å²) in [6.07, 6.45) is 11.0. The zero-order chi connectivity index (χ0) is 14.1. The Morgan fingerprint density at radius 1 is 1.33 bits per heavy atom. The SMILES string of the molecule is C/C=C/CCOCC=O.C=C/C=C(\C=C)COC. The molecule has 0 aliphatic rings. The van der Waals surface area contributed by atoms with E-state index in [4.69, 9.17) is 9.47 Å². The minimum absolute atomic E-state index is 0.220. The van der Waals surface area contributed by atoms with Gasteiger partial charge in [0.1, 0.15) is 12.9 Å². The van der Waals surface area contributed by atoms with Crippen LogP contribution in [0.1, 0.15) is 13.3 Å². The Bertz CT molecular complexity index is 265. The maximum Gasteiger partial charge on any atom is 0.145 e. The molecule has 0 aliphatic carbocycles. The predicted octanol–water partition coefficient (Wildman–Crippen LogP) is 3.10. The number of rotatable bonds is 9. The van der Waals surface area contributed by atoms with Crippen molar-refractivity contribution in [3.8, 4) is 0 Å². The fourth-order valence-corrected chi connectivity index (χ4v) is 0.943. The molecule has 0 aromatic carbocycles. The van der Waals surface area contributed by atoms with Crippen LogP contribution in [0.25, 0.3) is 0 Å². The summed E-state index contributed by atoms with van der Waals surface area (Å²) in [6.45, 7) is 10.6. The Morgan fingerprint density at radius 3 is 2.50 bits per heavy atom. The van der Waals surface area contributed by atoms with Gasteiger partial charge in [0, 0.05) is 7.11 Å². The summed E-state index contributed by atoms with van der Waals surface area (Å²) < 4.78 is 9.73. The molecule has 3 nitrogen and oxygen atoms in total. The zero-order valence-corrected chi connectivity index (χ0v) is 11.4. The van der Waals surface area contributed by atoms with Crippen LogP contribution in [0.4, 0.5) is 0 Å². The molecule has 102 valence electrons. The van der Waals surface area contributed by atoms with Crippen molar-refractivity contribution in [1.82, 2.24) is 0 Å². The van der Waals surface area contributed by atoms with E-state index in [0.29, 0.717) is 13.2 Å². The van der Waals surface area contributed by atoms with Crippen molar-refractivity contribution in [1.29, 1.82) is 0 Å². The molecule has 0 amide bonds. The van der Waals surface area contributed by atoms with Crippen molar-refractivity contribution in [3.05, 3.63) is 49.1 Å². The molecule has 0 atom stereocenters. The number of allylic oxidation sites excluding steroid dienone is 3. The molecule has 0 N–H and O–H groups in total. The van der Waals surface area contributed by atoms with E-state index in [1.54, 1.807) is 19.3 Å². The molecule has 3 heteroatoms. The number of hydrogen-bond acceptors (Lipinski definition) is 3. The molecular weight excluding hydrogens is 228 g/mol. The highest BCUT2D eigenvalue weighted by atomic mass is 16.5. The first-order valence-electron chi connectivity index (χ1n) is 5.82. The van der Waals surface area contributed by atoms with Gasteiger partial charge in [0.15, 0.2) is 0 Å². The first kappa shape index (κ1) is 18.9. The van der Waals surface area contributed by atoms with E-state index in [1.807, 2.05) is 25.2 Å². The Labute approximate surface area is 110 Å². The Morgan fingerprint density at radius 2 is 2.06 bits per heavy atom. The number of hydrogen-bond donors (Lipinski definition) is 0. The van der Waals surface area contributed by atoms with Gasteiger partial charge in [0.25, 0.3) is 0 Å². The summed E-state index contributed by atoms with van der Waals surface area (Å²) in [5, 5.41) is 0. The van der Waals surface area contributed by atoms with Crippen molar-refractivity contribution in [3.63, 3.8) is 0 Å². The summed E-state index contributed by atoms with van der Waals surface area (Å²) >= 11 is 0. The van der Waals surface area contributed by atoms with Gasteiger partial charge in [-0.05, 0) is 18.9 Å². The summed E-state index contributed by atoms with van der Waals surface area (Å²) in [6, 6.07) is 0. The summed E-state index contributed by atoms with van der Waals surface area (Å²) in [7, 11) is 1.65. The number of carbonyl (C=O) groups is 1. The molecule has 18 heavy (non-hydrogen) atoms. The van der Waals surface area contributed by atoms with Crippen LogP contribution in [-0.2, 0) is 14.3 Å². The highest BCUT2D eigenvalue weighted by Crippen LogP contribution is 1.94. The smallest absolute Gasteiger partial charge is 0.145 e. The van der Waals surface area contributed by atoms with Gasteiger partial charge in [0.05, 0.1) is 13.2 Å². The highest BCUT2D eigenvalue weighted by Gasteiger charge is 1.84. The lowest BCUT2D eigenvalue weighted by molar-refractivity contribution is -0.111. The number of ether oxygens (including phenoxy) is 2. The van der Waals surface area contributed by atoms with Gasteiger partial charge < -0.3 is 14.3 Å². The maximum absolute atomic E-state index is 9.69. The van der Waals surface area contributed by atoms with Gasteiger partial charge in [-0.25, -0.2) is 0 Å². The molecule has 0 saturated carbocycles. The van der Waals surface area contributed by atoms with Crippen LogP contribution in [0.2, 0.25) is 0 Å². The Kier molecular flexibility index (Phi) is 18.8. The van der Waals surface area contributed by atoms with Crippen molar-refractivity contribution in [2.24, 2.45) is 0 Å². The second-order valence-electron chi connectivity index (χ2n) is 3.21. The lowest BCUT2D eigenvalue weighted by atomic mass is 10.2. The van der Waals surface area contributed by atoms with E-state index in [9.17, 15) is 4.79 Å².